The molecule has 2 aromatic carbocycles. The third-order valence-corrected chi connectivity index (χ3v) is 6.55. The molecular weight excluding hydrogens is 410 g/mol. The molecule has 0 saturated heterocycles. The number of rotatable bonds is 7. The number of nitrogens with zero attached hydrogens (tertiary/aromatic N) is 1. The van der Waals surface area contributed by atoms with Crippen molar-refractivity contribution in [2.45, 2.75) is 25.3 Å². The molecule has 0 fully saturated rings. The summed E-state index contributed by atoms with van der Waals surface area (Å²) in [5.74, 6) is 0.314. The number of thiazole rings is 1. The maximum atomic E-state index is 12.5. The average molecular weight is 432 g/mol. The van der Waals surface area contributed by atoms with E-state index in [4.69, 9.17) is 4.74 Å². The largest absolute Gasteiger partial charge is 0.486 e. The molecule has 0 spiro atoms. The summed E-state index contributed by atoms with van der Waals surface area (Å²) >= 11 is 1.32. The van der Waals surface area contributed by atoms with Crippen LogP contribution in [0.5, 0.6) is 5.75 Å². The molecule has 3 aromatic rings. The first-order valence-electron chi connectivity index (χ1n) is 8.78. The zero-order valence-corrected chi connectivity index (χ0v) is 17.9. The third kappa shape index (κ3) is 5.20. The molecule has 7 nitrogen and oxygen atoms in total. The quantitative estimate of drug-likeness (QED) is 0.597. The van der Waals surface area contributed by atoms with E-state index in [2.05, 4.69) is 15.0 Å². The van der Waals surface area contributed by atoms with E-state index >= 15 is 0 Å². The summed E-state index contributed by atoms with van der Waals surface area (Å²) < 4.78 is 32.1. The Balaban J connectivity index is 1.67. The summed E-state index contributed by atoms with van der Waals surface area (Å²) in [7, 11) is -2.27. The Morgan fingerprint density at radius 1 is 1.14 bits per heavy atom. The Kier molecular flexibility index (Phi) is 6.31. The van der Waals surface area contributed by atoms with Crippen LogP contribution in [-0.4, -0.2) is 26.4 Å². The number of hydrogen-bond acceptors (Lipinski definition) is 6. The van der Waals surface area contributed by atoms with Gasteiger partial charge < -0.3 is 10.1 Å². The minimum atomic E-state index is -3.62. The maximum absolute atomic E-state index is 12.5. The highest BCUT2D eigenvalue weighted by Crippen LogP contribution is 2.21. The van der Waals surface area contributed by atoms with Gasteiger partial charge in [-0.1, -0.05) is 23.8 Å². The van der Waals surface area contributed by atoms with Gasteiger partial charge in [-0.3, -0.25) is 4.79 Å². The summed E-state index contributed by atoms with van der Waals surface area (Å²) in [6.45, 7) is 3.95. The number of nitrogens with one attached hydrogen (secondary N) is 2. The average Bonchev–Trinajstić information content (AvgIpc) is 3.18. The van der Waals surface area contributed by atoms with Crippen LogP contribution < -0.4 is 14.8 Å². The van der Waals surface area contributed by atoms with Gasteiger partial charge in [0.2, 0.25) is 10.0 Å². The van der Waals surface area contributed by atoms with Crippen molar-refractivity contribution < 1.29 is 17.9 Å². The molecule has 0 aliphatic heterocycles. The van der Waals surface area contributed by atoms with Gasteiger partial charge in [-0.15, -0.1) is 11.3 Å². The maximum Gasteiger partial charge on any atom is 0.275 e. The third-order valence-electron chi connectivity index (χ3n) is 4.17. The number of aromatic nitrogens is 1. The van der Waals surface area contributed by atoms with Crippen molar-refractivity contribution in [1.82, 2.24) is 9.71 Å². The molecule has 0 aliphatic rings. The van der Waals surface area contributed by atoms with Crippen molar-refractivity contribution in [2.24, 2.45) is 0 Å². The van der Waals surface area contributed by atoms with Crippen LogP contribution in [0.3, 0.4) is 0 Å². The molecule has 0 aliphatic carbocycles. The number of aryl methyl sites for hydroxylation is 2. The molecule has 0 bridgehead atoms. The lowest BCUT2D eigenvalue weighted by Crippen LogP contribution is -2.20. The second-order valence-corrected chi connectivity index (χ2v) is 9.17. The molecule has 29 heavy (non-hydrogen) atoms. The van der Waals surface area contributed by atoms with E-state index in [9.17, 15) is 13.2 Å². The van der Waals surface area contributed by atoms with Crippen LogP contribution in [-0.2, 0) is 16.6 Å². The number of ether oxygens (including phenoxy) is 1. The summed E-state index contributed by atoms with van der Waals surface area (Å²) in [6.07, 6.45) is 0. The van der Waals surface area contributed by atoms with Crippen molar-refractivity contribution >= 4 is 33.0 Å². The van der Waals surface area contributed by atoms with Gasteiger partial charge in [-0.05, 0) is 50.7 Å². The fourth-order valence-electron chi connectivity index (χ4n) is 2.53. The molecule has 152 valence electrons. The van der Waals surface area contributed by atoms with E-state index in [-0.39, 0.29) is 17.2 Å². The predicted octanol–water partition coefficient (Wildman–Crippen LogP) is 3.50. The van der Waals surface area contributed by atoms with Gasteiger partial charge in [0.05, 0.1) is 4.90 Å². The van der Waals surface area contributed by atoms with E-state index in [0.29, 0.717) is 16.3 Å². The summed E-state index contributed by atoms with van der Waals surface area (Å²) in [6, 6.07) is 12.4. The van der Waals surface area contributed by atoms with Crippen molar-refractivity contribution in [3.05, 3.63) is 69.7 Å². The molecule has 0 unspecified atom stereocenters. The van der Waals surface area contributed by atoms with Crippen LogP contribution in [0.1, 0.15) is 26.6 Å². The zero-order chi connectivity index (χ0) is 21.0. The lowest BCUT2D eigenvalue weighted by molar-refractivity contribution is 0.102. The first-order chi connectivity index (χ1) is 13.8. The van der Waals surface area contributed by atoms with Crippen molar-refractivity contribution in [2.75, 3.05) is 12.4 Å². The molecule has 0 radical (unpaired) electrons. The Morgan fingerprint density at radius 3 is 2.55 bits per heavy atom. The van der Waals surface area contributed by atoms with Crippen LogP contribution in [0, 0.1) is 13.8 Å². The molecule has 1 amide bonds. The monoisotopic (exact) mass is 431 g/mol. The van der Waals surface area contributed by atoms with Crippen LogP contribution in [0.4, 0.5) is 5.69 Å². The first-order valence-corrected chi connectivity index (χ1v) is 11.1. The molecule has 0 saturated carbocycles. The highest BCUT2D eigenvalue weighted by Gasteiger charge is 2.17. The van der Waals surface area contributed by atoms with Gasteiger partial charge in [0, 0.05) is 11.1 Å². The van der Waals surface area contributed by atoms with Crippen molar-refractivity contribution in [1.29, 1.82) is 0 Å². The molecular formula is C20H21N3O4S2. The van der Waals surface area contributed by atoms with Crippen LogP contribution in [0.2, 0.25) is 0 Å². The van der Waals surface area contributed by atoms with Crippen LogP contribution in [0.25, 0.3) is 0 Å². The second kappa shape index (κ2) is 8.73. The number of sulfonamides is 1. The molecule has 9 heteroatoms. The van der Waals surface area contributed by atoms with Crippen molar-refractivity contribution in [3.8, 4) is 5.75 Å². The normalized spacial score (nSPS) is 11.3. The first kappa shape index (κ1) is 21.0. The predicted molar refractivity (Wildman–Crippen MR) is 113 cm³/mol. The van der Waals surface area contributed by atoms with Gasteiger partial charge in [-0.25, -0.2) is 18.1 Å². The number of anilines is 1. The Bertz CT molecular complexity index is 1120. The van der Waals surface area contributed by atoms with Gasteiger partial charge >= 0.3 is 0 Å². The Labute approximate surface area is 173 Å². The van der Waals surface area contributed by atoms with E-state index in [0.717, 1.165) is 11.3 Å². The van der Waals surface area contributed by atoms with Gasteiger partial charge in [0.15, 0.2) is 0 Å². The molecule has 3 rings (SSSR count). The number of hydrogen-bond donors (Lipinski definition) is 2. The summed E-state index contributed by atoms with van der Waals surface area (Å²) in [5, 5.41) is 4.99. The summed E-state index contributed by atoms with van der Waals surface area (Å²) in [4.78, 5) is 16.9. The number of benzene rings is 2. The SMILES string of the molecule is CNS(=O)(=O)c1cc(NC(=O)c2csc(COc3ccc(C)cc3)n2)ccc1C. The molecule has 2 N–H and O–H groups in total. The van der Waals surface area contributed by atoms with Gasteiger partial charge in [0.1, 0.15) is 23.1 Å². The number of amides is 1. The lowest BCUT2D eigenvalue weighted by Gasteiger charge is -2.09. The molecule has 1 heterocycles. The number of carbonyl (C=O) groups excluding carboxylic acids is 1. The Hall–Kier alpha value is -2.75. The zero-order valence-electron chi connectivity index (χ0n) is 16.2. The summed E-state index contributed by atoms with van der Waals surface area (Å²) in [5.41, 5.74) is 2.35. The standard InChI is InChI=1S/C20H21N3O4S2/c1-13-4-8-16(9-5-13)27-11-19-23-17(12-28-19)20(24)22-15-7-6-14(2)18(10-15)29(25,26)21-3/h4-10,12,21H,11H2,1-3H3,(H,22,24). The number of carbonyl (C=O) groups is 1. The Morgan fingerprint density at radius 2 is 1.86 bits per heavy atom. The second-order valence-electron chi connectivity index (χ2n) is 6.37. The topological polar surface area (TPSA) is 97.4 Å². The highest BCUT2D eigenvalue weighted by atomic mass is 32.2. The highest BCUT2D eigenvalue weighted by molar-refractivity contribution is 7.89. The van der Waals surface area contributed by atoms with Crippen molar-refractivity contribution in [3.63, 3.8) is 0 Å². The van der Waals surface area contributed by atoms with E-state index in [1.807, 2.05) is 31.2 Å². The molecule has 1 aromatic heterocycles. The van der Waals surface area contributed by atoms with Crippen LogP contribution in [0.15, 0.2) is 52.7 Å². The minimum Gasteiger partial charge on any atom is -0.486 e. The van der Waals surface area contributed by atoms with E-state index < -0.39 is 15.9 Å². The minimum absolute atomic E-state index is 0.114. The smallest absolute Gasteiger partial charge is 0.275 e. The molecule has 0 atom stereocenters. The lowest BCUT2D eigenvalue weighted by atomic mass is 10.2. The van der Waals surface area contributed by atoms with Crippen LogP contribution >= 0.6 is 11.3 Å². The van der Waals surface area contributed by atoms with E-state index in [1.165, 1.54) is 24.5 Å². The fraction of sp³-hybridized carbons (Fsp3) is 0.200. The van der Waals surface area contributed by atoms with E-state index in [1.54, 1.807) is 24.4 Å². The van der Waals surface area contributed by atoms with Gasteiger partial charge in [0.25, 0.3) is 5.91 Å². The fourth-order valence-corrected chi connectivity index (χ4v) is 4.21. The van der Waals surface area contributed by atoms with Gasteiger partial charge in [-0.2, -0.15) is 0 Å².